The molecule has 0 aromatic heterocycles. The Balaban J connectivity index is 2.43. The zero-order valence-corrected chi connectivity index (χ0v) is 10.9. The lowest BCUT2D eigenvalue weighted by atomic mass is 10.2. The van der Waals surface area contributed by atoms with E-state index in [1.807, 2.05) is 17.8 Å². The summed E-state index contributed by atoms with van der Waals surface area (Å²) in [7, 11) is 0. The van der Waals surface area contributed by atoms with Crippen LogP contribution in [0.5, 0.6) is 0 Å². The van der Waals surface area contributed by atoms with Crippen molar-refractivity contribution >= 4 is 17.5 Å². The van der Waals surface area contributed by atoms with E-state index in [0.717, 1.165) is 12.2 Å². The molecule has 0 atom stereocenters. The standard InChI is InChI=1S/C14H18OS/c1-11-7-8-12(2)14(10-11)16-9-5-4-6-13(3)15/h4,6-8,10H,5,9H2,1-3H3. The molecule has 0 spiro atoms. The molecule has 0 bridgehead atoms. The number of carbonyl (C=O) groups excluding carboxylic acids is 1. The largest absolute Gasteiger partial charge is 0.295 e. The van der Waals surface area contributed by atoms with E-state index >= 15 is 0 Å². The van der Waals surface area contributed by atoms with Gasteiger partial charge in [-0.1, -0.05) is 23.8 Å². The highest BCUT2D eigenvalue weighted by Gasteiger charge is 1.98. The Morgan fingerprint density at radius 3 is 2.81 bits per heavy atom. The van der Waals surface area contributed by atoms with Crippen LogP contribution in [0, 0.1) is 13.8 Å². The predicted octanol–water partition coefficient (Wildman–Crippen LogP) is 3.93. The van der Waals surface area contributed by atoms with Crippen LogP contribution in [0.25, 0.3) is 0 Å². The first kappa shape index (κ1) is 13.0. The van der Waals surface area contributed by atoms with Crippen molar-refractivity contribution in [2.45, 2.75) is 32.1 Å². The molecule has 1 aromatic carbocycles. The van der Waals surface area contributed by atoms with E-state index in [1.54, 1.807) is 13.0 Å². The van der Waals surface area contributed by atoms with Crippen LogP contribution in [0.3, 0.4) is 0 Å². The minimum atomic E-state index is 0.122. The molecular formula is C14H18OS. The highest BCUT2D eigenvalue weighted by Crippen LogP contribution is 2.24. The Kier molecular flexibility index (Phi) is 5.33. The molecule has 0 radical (unpaired) electrons. The Morgan fingerprint density at radius 1 is 1.38 bits per heavy atom. The zero-order chi connectivity index (χ0) is 12.0. The molecule has 0 N–H and O–H groups in total. The van der Waals surface area contributed by atoms with Crippen LogP contribution in [0.15, 0.2) is 35.2 Å². The van der Waals surface area contributed by atoms with Gasteiger partial charge in [-0.15, -0.1) is 11.8 Å². The van der Waals surface area contributed by atoms with Crippen molar-refractivity contribution < 1.29 is 4.79 Å². The monoisotopic (exact) mass is 234 g/mol. The lowest BCUT2D eigenvalue weighted by molar-refractivity contribution is -0.112. The van der Waals surface area contributed by atoms with E-state index in [-0.39, 0.29) is 5.78 Å². The van der Waals surface area contributed by atoms with E-state index in [0.29, 0.717) is 0 Å². The molecule has 1 rings (SSSR count). The smallest absolute Gasteiger partial charge is 0.152 e. The van der Waals surface area contributed by atoms with Gasteiger partial charge in [0.15, 0.2) is 5.78 Å². The van der Waals surface area contributed by atoms with Crippen molar-refractivity contribution in [3.05, 3.63) is 41.5 Å². The third kappa shape index (κ3) is 4.67. The van der Waals surface area contributed by atoms with Crippen LogP contribution in [0.2, 0.25) is 0 Å². The number of aryl methyl sites for hydroxylation is 2. The summed E-state index contributed by atoms with van der Waals surface area (Å²) in [6, 6.07) is 6.51. The van der Waals surface area contributed by atoms with E-state index in [2.05, 4.69) is 32.0 Å². The number of thioether (sulfide) groups is 1. The van der Waals surface area contributed by atoms with Crippen molar-refractivity contribution in [1.82, 2.24) is 0 Å². The van der Waals surface area contributed by atoms with Crippen LogP contribution in [0.1, 0.15) is 24.5 Å². The lowest BCUT2D eigenvalue weighted by Gasteiger charge is -2.05. The first-order valence-electron chi connectivity index (χ1n) is 5.47. The third-order valence-electron chi connectivity index (χ3n) is 2.24. The average Bonchev–Trinajstić information content (AvgIpc) is 2.22. The summed E-state index contributed by atoms with van der Waals surface area (Å²) in [5, 5.41) is 0. The number of benzene rings is 1. The van der Waals surface area contributed by atoms with Crippen LogP contribution < -0.4 is 0 Å². The molecule has 0 saturated heterocycles. The number of ketones is 1. The van der Waals surface area contributed by atoms with Crippen LogP contribution in [-0.4, -0.2) is 11.5 Å². The first-order valence-corrected chi connectivity index (χ1v) is 6.45. The van der Waals surface area contributed by atoms with Crippen molar-refractivity contribution in [2.24, 2.45) is 0 Å². The second kappa shape index (κ2) is 6.54. The maximum Gasteiger partial charge on any atom is 0.152 e. The zero-order valence-electron chi connectivity index (χ0n) is 10.1. The van der Waals surface area contributed by atoms with Gasteiger partial charge in [-0.3, -0.25) is 4.79 Å². The number of carbonyl (C=O) groups is 1. The summed E-state index contributed by atoms with van der Waals surface area (Å²) < 4.78 is 0. The number of hydrogen-bond acceptors (Lipinski definition) is 2. The first-order chi connectivity index (χ1) is 7.59. The van der Waals surface area contributed by atoms with Gasteiger partial charge in [0.2, 0.25) is 0 Å². The molecule has 16 heavy (non-hydrogen) atoms. The second-order valence-corrected chi connectivity index (χ2v) is 5.06. The van der Waals surface area contributed by atoms with Crippen molar-refractivity contribution in [2.75, 3.05) is 5.75 Å². The van der Waals surface area contributed by atoms with Gasteiger partial charge in [-0.05, 0) is 44.9 Å². The Hall–Kier alpha value is -1.02. The van der Waals surface area contributed by atoms with Crippen LogP contribution >= 0.6 is 11.8 Å². The van der Waals surface area contributed by atoms with Crippen LogP contribution in [0.4, 0.5) is 0 Å². The highest BCUT2D eigenvalue weighted by atomic mass is 32.2. The molecule has 0 aliphatic rings. The van der Waals surface area contributed by atoms with Gasteiger partial charge in [0, 0.05) is 10.6 Å². The number of hydrogen-bond donors (Lipinski definition) is 0. The van der Waals surface area contributed by atoms with Gasteiger partial charge in [-0.2, -0.15) is 0 Å². The molecule has 1 aromatic rings. The summed E-state index contributed by atoms with van der Waals surface area (Å²) in [5.74, 6) is 1.14. The topological polar surface area (TPSA) is 17.1 Å². The Labute approximate surface area is 102 Å². The molecule has 86 valence electrons. The SMILES string of the molecule is CC(=O)C=CCCSc1cc(C)ccc1C. The minimum absolute atomic E-state index is 0.122. The third-order valence-corrected chi connectivity index (χ3v) is 3.43. The predicted molar refractivity (Wildman–Crippen MR) is 71.1 cm³/mol. The molecule has 0 amide bonds. The summed E-state index contributed by atoms with van der Waals surface area (Å²) in [5.41, 5.74) is 2.62. The molecule has 2 heteroatoms. The average molecular weight is 234 g/mol. The molecule has 0 fully saturated rings. The van der Waals surface area contributed by atoms with Gasteiger partial charge in [-0.25, -0.2) is 0 Å². The molecule has 0 aliphatic carbocycles. The fourth-order valence-corrected chi connectivity index (χ4v) is 2.39. The summed E-state index contributed by atoms with van der Waals surface area (Å²) in [6.07, 6.45) is 4.53. The van der Waals surface area contributed by atoms with Crippen molar-refractivity contribution in [3.8, 4) is 0 Å². The van der Waals surface area contributed by atoms with Crippen molar-refractivity contribution in [3.63, 3.8) is 0 Å². The summed E-state index contributed by atoms with van der Waals surface area (Å²) in [6.45, 7) is 5.82. The van der Waals surface area contributed by atoms with Crippen molar-refractivity contribution in [1.29, 1.82) is 0 Å². The maximum absolute atomic E-state index is 10.7. The Bertz CT molecular complexity index is 394. The normalized spacial score (nSPS) is 10.9. The molecular weight excluding hydrogens is 216 g/mol. The van der Waals surface area contributed by atoms with Gasteiger partial charge >= 0.3 is 0 Å². The lowest BCUT2D eigenvalue weighted by Crippen LogP contribution is -1.85. The molecule has 0 aliphatic heterocycles. The van der Waals surface area contributed by atoms with E-state index < -0.39 is 0 Å². The molecule has 0 unspecified atom stereocenters. The second-order valence-electron chi connectivity index (χ2n) is 3.92. The number of allylic oxidation sites excluding steroid dienone is 2. The fourth-order valence-electron chi connectivity index (χ4n) is 1.35. The number of rotatable bonds is 5. The molecule has 0 saturated carbocycles. The van der Waals surface area contributed by atoms with Crippen LogP contribution in [-0.2, 0) is 4.79 Å². The highest BCUT2D eigenvalue weighted by molar-refractivity contribution is 7.99. The minimum Gasteiger partial charge on any atom is -0.295 e. The van der Waals surface area contributed by atoms with E-state index in [4.69, 9.17) is 0 Å². The van der Waals surface area contributed by atoms with Gasteiger partial charge in [0.25, 0.3) is 0 Å². The van der Waals surface area contributed by atoms with Gasteiger partial charge in [0.05, 0.1) is 0 Å². The molecule has 0 heterocycles. The molecule has 1 nitrogen and oxygen atoms in total. The fraction of sp³-hybridized carbons (Fsp3) is 0.357. The van der Waals surface area contributed by atoms with E-state index in [1.165, 1.54) is 16.0 Å². The summed E-state index contributed by atoms with van der Waals surface area (Å²) >= 11 is 1.85. The van der Waals surface area contributed by atoms with Gasteiger partial charge < -0.3 is 0 Å². The maximum atomic E-state index is 10.7. The van der Waals surface area contributed by atoms with Gasteiger partial charge in [0.1, 0.15) is 0 Å². The quantitative estimate of drug-likeness (QED) is 0.436. The summed E-state index contributed by atoms with van der Waals surface area (Å²) in [4.78, 5) is 12.0. The van der Waals surface area contributed by atoms with E-state index in [9.17, 15) is 4.79 Å². The Morgan fingerprint density at radius 2 is 2.12 bits per heavy atom.